The second-order valence-corrected chi connectivity index (χ2v) is 6.50. The molecule has 20 heavy (non-hydrogen) atoms. The summed E-state index contributed by atoms with van der Waals surface area (Å²) in [5.74, 6) is 0. The minimum Gasteiger partial charge on any atom is -0.390 e. The predicted octanol–water partition coefficient (Wildman–Crippen LogP) is 2.62. The average Bonchev–Trinajstić information content (AvgIpc) is 2.58. The van der Waals surface area contributed by atoms with E-state index in [1.807, 2.05) is 6.92 Å². The van der Waals surface area contributed by atoms with Gasteiger partial charge in [0.2, 0.25) is 0 Å². The van der Waals surface area contributed by atoms with Crippen molar-refractivity contribution in [3.8, 4) is 0 Å². The van der Waals surface area contributed by atoms with Gasteiger partial charge >= 0.3 is 0 Å². The van der Waals surface area contributed by atoms with E-state index in [1.54, 1.807) is 0 Å². The first kappa shape index (κ1) is 15.5. The number of nitrogens with zero attached hydrogens (tertiary/aromatic N) is 1. The van der Waals surface area contributed by atoms with Crippen molar-refractivity contribution in [1.82, 2.24) is 4.90 Å². The maximum atomic E-state index is 10.1. The topological polar surface area (TPSA) is 49.5 Å². The lowest BCUT2D eigenvalue weighted by molar-refractivity contribution is 0.0446. The molecule has 112 valence electrons. The van der Waals surface area contributed by atoms with Gasteiger partial charge in [-0.2, -0.15) is 0 Å². The Morgan fingerprint density at radius 1 is 1.25 bits per heavy atom. The molecule has 0 amide bonds. The number of hydrogen-bond donors (Lipinski definition) is 2. The first-order valence-electron chi connectivity index (χ1n) is 7.73. The molecule has 1 aliphatic heterocycles. The van der Waals surface area contributed by atoms with Crippen molar-refractivity contribution in [2.45, 2.75) is 51.2 Å². The molecule has 0 spiro atoms. The summed E-state index contributed by atoms with van der Waals surface area (Å²) in [5.41, 5.74) is 8.29. The summed E-state index contributed by atoms with van der Waals surface area (Å²) in [6.07, 6.45) is 3.83. The van der Waals surface area contributed by atoms with Crippen LogP contribution >= 0.6 is 0 Å². The minimum absolute atomic E-state index is 0.111. The van der Waals surface area contributed by atoms with Crippen LogP contribution in [-0.4, -0.2) is 35.2 Å². The number of benzene rings is 1. The van der Waals surface area contributed by atoms with Gasteiger partial charge < -0.3 is 15.7 Å². The maximum absolute atomic E-state index is 10.1. The van der Waals surface area contributed by atoms with Crippen LogP contribution in [-0.2, 0) is 0 Å². The van der Waals surface area contributed by atoms with Crippen molar-refractivity contribution >= 4 is 0 Å². The van der Waals surface area contributed by atoms with Crippen LogP contribution in [0.3, 0.4) is 0 Å². The number of hydrogen-bond acceptors (Lipinski definition) is 3. The van der Waals surface area contributed by atoms with Crippen molar-refractivity contribution in [3.05, 3.63) is 35.4 Å². The molecule has 1 fully saturated rings. The Bertz CT molecular complexity index is 414. The van der Waals surface area contributed by atoms with Gasteiger partial charge in [-0.25, -0.2) is 0 Å². The third-order valence-corrected chi connectivity index (χ3v) is 4.42. The van der Waals surface area contributed by atoms with E-state index in [1.165, 1.54) is 11.1 Å². The van der Waals surface area contributed by atoms with Gasteiger partial charge in [0.1, 0.15) is 0 Å². The molecule has 1 aromatic carbocycles. The lowest BCUT2D eigenvalue weighted by Crippen LogP contribution is -2.30. The van der Waals surface area contributed by atoms with E-state index in [-0.39, 0.29) is 6.04 Å². The van der Waals surface area contributed by atoms with Crippen LogP contribution in [0.1, 0.15) is 49.8 Å². The molecule has 0 aromatic heterocycles. The maximum Gasteiger partial charge on any atom is 0.0632 e. The summed E-state index contributed by atoms with van der Waals surface area (Å²) in [6.45, 7) is 7.13. The number of rotatable bonds is 4. The molecule has 0 aliphatic carbocycles. The molecule has 2 rings (SSSR count). The van der Waals surface area contributed by atoms with Crippen LogP contribution < -0.4 is 5.73 Å². The van der Waals surface area contributed by atoms with Crippen molar-refractivity contribution in [1.29, 1.82) is 0 Å². The molecule has 0 bridgehead atoms. The van der Waals surface area contributed by atoms with Gasteiger partial charge in [-0.05, 0) is 58.2 Å². The number of aliphatic hydroxyl groups is 1. The van der Waals surface area contributed by atoms with Crippen LogP contribution in [0.5, 0.6) is 0 Å². The monoisotopic (exact) mass is 276 g/mol. The summed E-state index contributed by atoms with van der Waals surface area (Å²) < 4.78 is 0. The zero-order valence-electron chi connectivity index (χ0n) is 12.8. The van der Waals surface area contributed by atoms with Gasteiger partial charge in [0.25, 0.3) is 0 Å². The Morgan fingerprint density at radius 2 is 1.95 bits per heavy atom. The van der Waals surface area contributed by atoms with E-state index in [2.05, 4.69) is 36.1 Å². The van der Waals surface area contributed by atoms with Crippen LogP contribution in [0.15, 0.2) is 24.3 Å². The quantitative estimate of drug-likeness (QED) is 0.889. The zero-order valence-corrected chi connectivity index (χ0v) is 12.8. The normalized spacial score (nSPS) is 26.2. The van der Waals surface area contributed by atoms with Gasteiger partial charge in [0.05, 0.1) is 5.60 Å². The van der Waals surface area contributed by atoms with Gasteiger partial charge in [0.15, 0.2) is 0 Å². The molecular weight excluding hydrogens is 248 g/mol. The molecule has 1 aromatic rings. The van der Waals surface area contributed by atoms with E-state index in [0.717, 1.165) is 45.3 Å². The number of likely N-dealkylation sites (tertiary alicyclic amines) is 1. The first-order chi connectivity index (χ1) is 9.46. The molecule has 3 nitrogen and oxygen atoms in total. The zero-order chi connectivity index (χ0) is 14.6. The van der Waals surface area contributed by atoms with E-state index < -0.39 is 5.60 Å². The molecule has 2 atom stereocenters. The van der Waals surface area contributed by atoms with Crippen molar-refractivity contribution in [2.24, 2.45) is 5.73 Å². The molecule has 0 radical (unpaired) electrons. The average molecular weight is 276 g/mol. The first-order valence-corrected chi connectivity index (χ1v) is 7.73. The summed E-state index contributed by atoms with van der Waals surface area (Å²) in [6, 6.07) is 8.62. The molecule has 3 heteroatoms. The lowest BCUT2D eigenvalue weighted by Gasteiger charge is -2.23. The molecule has 3 N–H and O–H groups in total. The van der Waals surface area contributed by atoms with Crippen LogP contribution in [0, 0.1) is 6.92 Å². The van der Waals surface area contributed by atoms with E-state index in [4.69, 9.17) is 5.73 Å². The number of nitrogens with two attached hydrogens (primary N) is 1. The Labute approximate surface area is 122 Å². The molecule has 2 unspecified atom stereocenters. The Kier molecular flexibility index (Phi) is 5.19. The number of aryl methyl sites for hydroxylation is 1. The van der Waals surface area contributed by atoms with Gasteiger partial charge in [-0.15, -0.1) is 0 Å². The summed E-state index contributed by atoms with van der Waals surface area (Å²) >= 11 is 0. The molecule has 1 saturated heterocycles. The highest BCUT2D eigenvalue weighted by Gasteiger charge is 2.24. The van der Waals surface area contributed by atoms with Gasteiger partial charge in [-0.3, -0.25) is 0 Å². The third-order valence-electron chi connectivity index (χ3n) is 4.42. The van der Waals surface area contributed by atoms with Gasteiger partial charge in [0, 0.05) is 12.6 Å². The SMILES string of the molecule is Cc1ccc(C(N)CCN2CCCC(C)(O)CC2)cc1. The van der Waals surface area contributed by atoms with E-state index >= 15 is 0 Å². The molecule has 1 aliphatic rings. The smallest absolute Gasteiger partial charge is 0.0632 e. The molecule has 1 heterocycles. The fraction of sp³-hybridized carbons (Fsp3) is 0.647. The Morgan fingerprint density at radius 3 is 2.65 bits per heavy atom. The van der Waals surface area contributed by atoms with Crippen LogP contribution in [0.25, 0.3) is 0 Å². The highest BCUT2D eigenvalue weighted by atomic mass is 16.3. The van der Waals surface area contributed by atoms with E-state index in [9.17, 15) is 5.11 Å². The Hall–Kier alpha value is -0.900. The van der Waals surface area contributed by atoms with Crippen molar-refractivity contribution < 1.29 is 5.11 Å². The molecular formula is C17H28N2O. The van der Waals surface area contributed by atoms with Crippen LogP contribution in [0.4, 0.5) is 0 Å². The summed E-state index contributed by atoms with van der Waals surface area (Å²) in [7, 11) is 0. The third kappa shape index (κ3) is 4.58. The Balaban J connectivity index is 1.81. The molecule has 0 saturated carbocycles. The highest BCUT2D eigenvalue weighted by Crippen LogP contribution is 2.22. The van der Waals surface area contributed by atoms with Crippen molar-refractivity contribution in [3.63, 3.8) is 0 Å². The van der Waals surface area contributed by atoms with E-state index in [0.29, 0.717) is 0 Å². The van der Waals surface area contributed by atoms with Gasteiger partial charge in [-0.1, -0.05) is 29.8 Å². The summed E-state index contributed by atoms with van der Waals surface area (Å²) in [5, 5.41) is 10.1. The van der Waals surface area contributed by atoms with Crippen molar-refractivity contribution in [2.75, 3.05) is 19.6 Å². The second-order valence-electron chi connectivity index (χ2n) is 6.50. The second kappa shape index (κ2) is 6.70. The lowest BCUT2D eigenvalue weighted by atomic mass is 9.98. The summed E-state index contributed by atoms with van der Waals surface area (Å²) in [4.78, 5) is 2.44. The minimum atomic E-state index is -0.478. The highest BCUT2D eigenvalue weighted by molar-refractivity contribution is 5.23. The standard InChI is InChI=1S/C17H28N2O/c1-14-4-6-15(7-5-14)16(18)8-12-19-11-3-9-17(2,20)10-13-19/h4-7,16,20H,3,8-13,18H2,1-2H3. The largest absolute Gasteiger partial charge is 0.390 e. The van der Waals surface area contributed by atoms with Crippen LogP contribution in [0.2, 0.25) is 0 Å². The fourth-order valence-electron chi connectivity index (χ4n) is 2.84. The fourth-order valence-corrected chi connectivity index (χ4v) is 2.84. The predicted molar refractivity (Wildman–Crippen MR) is 83.6 cm³/mol.